The number of benzene rings is 1. The molecular formula is C11H7F3. The van der Waals surface area contributed by atoms with Gasteiger partial charge in [-0.1, -0.05) is 36.3 Å². The van der Waals surface area contributed by atoms with Crippen molar-refractivity contribution in [1.82, 2.24) is 0 Å². The van der Waals surface area contributed by atoms with Gasteiger partial charge in [-0.3, -0.25) is 0 Å². The molecule has 3 heteroatoms. The lowest BCUT2D eigenvalue weighted by atomic mass is 10.2. The minimum Gasteiger partial charge on any atom is -0.159 e. The molecule has 0 atom stereocenters. The summed E-state index contributed by atoms with van der Waals surface area (Å²) >= 11 is 0. The lowest BCUT2D eigenvalue weighted by Crippen LogP contribution is -2.00. The van der Waals surface area contributed by atoms with E-state index in [2.05, 4.69) is 0 Å². The molecule has 0 aromatic heterocycles. The molecule has 0 aliphatic carbocycles. The molecule has 0 aliphatic rings. The fourth-order valence-corrected chi connectivity index (χ4v) is 0.826. The number of rotatable bonds is 1. The van der Waals surface area contributed by atoms with E-state index in [1.165, 1.54) is 12.2 Å². The molecule has 0 radical (unpaired) electrons. The van der Waals surface area contributed by atoms with Gasteiger partial charge in [0.05, 0.1) is 0 Å². The maximum Gasteiger partial charge on any atom is 0.458 e. The van der Waals surface area contributed by atoms with Gasteiger partial charge < -0.3 is 0 Å². The molecule has 14 heavy (non-hydrogen) atoms. The maximum atomic E-state index is 11.6. The molecule has 0 N–H and O–H groups in total. The van der Waals surface area contributed by atoms with E-state index in [1.54, 1.807) is 24.3 Å². The van der Waals surface area contributed by atoms with Gasteiger partial charge in [-0.05, 0) is 17.7 Å². The highest BCUT2D eigenvalue weighted by Crippen LogP contribution is 2.11. The Balaban J connectivity index is 2.61. The first-order chi connectivity index (χ1) is 6.58. The minimum atomic E-state index is -4.42. The Morgan fingerprint density at radius 1 is 1.07 bits per heavy atom. The van der Waals surface area contributed by atoms with Crippen molar-refractivity contribution in [2.75, 3.05) is 0 Å². The second-order valence-corrected chi connectivity index (χ2v) is 2.51. The third-order valence-corrected chi connectivity index (χ3v) is 1.37. The van der Waals surface area contributed by atoms with Crippen LogP contribution in [0.5, 0.6) is 0 Å². The average Bonchev–Trinajstić information content (AvgIpc) is 2.13. The summed E-state index contributed by atoms with van der Waals surface area (Å²) in [5.74, 6) is 3.07. The number of alkyl halides is 3. The molecule has 0 amide bonds. The minimum absolute atomic E-state index is 0.823. The van der Waals surface area contributed by atoms with Gasteiger partial charge in [0, 0.05) is 5.92 Å². The standard InChI is InChI=1S/C11H7F3/c12-11(13,14)9-5-4-8-10-6-2-1-3-7-10/h1-4,6-8H/b8-4+. The first-order valence-corrected chi connectivity index (χ1v) is 3.89. The fourth-order valence-electron chi connectivity index (χ4n) is 0.826. The van der Waals surface area contributed by atoms with Crippen LogP contribution in [0.2, 0.25) is 0 Å². The number of hydrogen-bond donors (Lipinski definition) is 0. The van der Waals surface area contributed by atoms with Gasteiger partial charge in [-0.15, -0.1) is 0 Å². The summed E-state index contributed by atoms with van der Waals surface area (Å²) < 4.78 is 34.7. The Labute approximate surface area is 80.1 Å². The van der Waals surface area contributed by atoms with E-state index in [4.69, 9.17) is 0 Å². The fraction of sp³-hybridized carbons (Fsp3) is 0.0909. The molecule has 72 valence electrons. The third kappa shape index (κ3) is 4.36. The van der Waals surface area contributed by atoms with Gasteiger partial charge in [0.2, 0.25) is 0 Å². The van der Waals surface area contributed by atoms with Crippen molar-refractivity contribution in [2.24, 2.45) is 0 Å². The number of allylic oxidation sites excluding steroid dienone is 1. The van der Waals surface area contributed by atoms with Gasteiger partial charge in [0.1, 0.15) is 0 Å². The third-order valence-electron chi connectivity index (χ3n) is 1.37. The SMILES string of the molecule is FC(F)(F)C#C/C=C/c1ccccc1. The Morgan fingerprint density at radius 2 is 1.71 bits per heavy atom. The van der Waals surface area contributed by atoms with Crippen molar-refractivity contribution in [1.29, 1.82) is 0 Å². The Bertz CT molecular complexity index is 363. The van der Waals surface area contributed by atoms with Crippen LogP contribution in [-0.4, -0.2) is 6.18 Å². The highest BCUT2D eigenvalue weighted by molar-refractivity contribution is 5.52. The predicted octanol–water partition coefficient (Wildman–Crippen LogP) is 3.27. The summed E-state index contributed by atoms with van der Waals surface area (Å²) in [5, 5.41) is 0. The zero-order valence-electron chi connectivity index (χ0n) is 7.18. The lowest BCUT2D eigenvalue weighted by Gasteiger charge is -1.90. The van der Waals surface area contributed by atoms with Crippen LogP contribution in [0, 0.1) is 11.8 Å². The van der Waals surface area contributed by atoms with Crippen LogP contribution in [0.4, 0.5) is 13.2 Å². The first-order valence-electron chi connectivity index (χ1n) is 3.89. The van der Waals surface area contributed by atoms with Crippen LogP contribution < -0.4 is 0 Å². The number of hydrogen-bond acceptors (Lipinski definition) is 0. The molecule has 1 aromatic rings. The molecule has 0 heterocycles. The molecular weight excluding hydrogens is 189 g/mol. The van der Waals surface area contributed by atoms with Crippen molar-refractivity contribution in [3.8, 4) is 11.8 Å². The number of halogens is 3. The van der Waals surface area contributed by atoms with E-state index < -0.39 is 6.18 Å². The Kier molecular flexibility index (Phi) is 3.35. The molecule has 0 nitrogen and oxygen atoms in total. The smallest absolute Gasteiger partial charge is 0.159 e. The second-order valence-electron chi connectivity index (χ2n) is 2.51. The molecule has 0 aliphatic heterocycles. The highest BCUT2D eigenvalue weighted by Gasteiger charge is 2.22. The summed E-state index contributed by atoms with van der Waals surface area (Å²) in [6.07, 6.45) is -1.71. The van der Waals surface area contributed by atoms with Crippen LogP contribution >= 0.6 is 0 Å². The van der Waals surface area contributed by atoms with E-state index >= 15 is 0 Å². The first kappa shape index (κ1) is 10.4. The van der Waals surface area contributed by atoms with Crippen LogP contribution in [0.1, 0.15) is 5.56 Å². The van der Waals surface area contributed by atoms with E-state index in [-0.39, 0.29) is 0 Å². The largest absolute Gasteiger partial charge is 0.458 e. The summed E-state index contributed by atoms with van der Waals surface area (Å²) in [7, 11) is 0. The normalized spacial score (nSPS) is 11.1. The molecule has 0 saturated heterocycles. The van der Waals surface area contributed by atoms with Crippen LogP contribution in [0.3, 0.4) is 0 Å². The predicted molar refractivity (Wildman–Crippen MR) is 49.3 cm³/mol. The maximum absolute atomic E-state index is 11.6. The van der Waals surface area contributed by atoms with Gasteiger partial charge in [0.15, 0.2) is 0 Å². The molecule has 0 spiro atoms. The molecule has 0 fully saturated rings. The van der Waals surface area contributed by atoms with Crippen LogP contribution in [-0.2, 0) is 0 Å². The molecule has 1 rings (SSSR count). The van der Waals surface area contributed by atoms with Gasteiger partial charge in [0.25, 0.3) is 0 Å². The van der Waals surface area contributed by atoms with E-state index in [0.717, 1.165) is 11.5 Å². The summed E-state index contributed by atoms with van der Waals surface area (Å²) in [5.41, 5.74) is 0.823. The highest BCUT2D eigenvalue weighted by atomic mass is 19.4. The molecule has 1 aromatic carbocycles. The van der Waals surface area contributed by atoms with Crippen LogP contribution in [0.15, 0.2) is 36.4 Å². The van der Waals surface area contributed by atoms with Gasteiger partial charge in [-0.25, -0.2) is 0 Å². The van der Waals surface area contributed by atoms with Crippen LogP contribution in [0.25, 0.3) is 6.08 Å². The van der Waals surface area contributed by atoms with E-state index in [9.17, 15) is 13.2 Å². The molecule has 0 unspecified atom stereocenters. The Hall–Kier alpha value is -1.69. The van der Waals surface area contributed by atoms with Crippen molar-refractivity contribution >= 4 is 6.08 Å². The summed E-state index contributed by atoms with van der Waals surface area (Å²) in [4.78, 5) is 0. The van der Waals surface area contributed by atoms with Crippen molar-refractivity contribution in [3.63, 3.8) is 0 Å². The lowest BCUT2D eigenvalue weighted by molar-refractivity contribution is -0.0696. The summed E-state index contributed by atoms with van der Waals surface area (Å²) in [6.45, 7) is 0. The topological polar surface area (TPSA) is 0 Å². The Morgan fingerprint density at radius 3 is 2.29 bits per heavy atom. The van der Waals surface area contributed by atoms with Crippen molar-refractivity contribution in [3.05, 3.63) is 42.0 Å². The quantitative estimate of drug-likeness (QED) is 0.605. The second kappa shape index (κ2) is 4.52. The monoisotopic (exact) mass is 196 g/mol. The zero-order valence-corrected chi connectivity index (χ0v) is 7.18. The van der Waals surface area contributed by atoms with E-state index in [0.29, 0.717) is 0 Å². The zero-order chi connectivity index (χ0) is 10.4. The van der Waals surface area contributed by atoms with E-state index in [1.807, 2.05) is 12.0 Å². The molecule has 0 saturated carbocycles. The molecule has 0 bridgehead atoms. The van der Waals surface area contributed by atoms with Gasteiger partial charge >= 0.3 is 6.18 Å². The summed E-state index contributed by atoms with van der Waals surface area (Å²) in [6, 6.07) is 9.00. The van der Waals surface area contributed by atoms with Crippen molar-refractivity contribution < 1.29 is 13.2 Å². The average molecular weight is 196 g/mol. The van der Waals surface area contributed by atoms with Gasteiger partial charge in [-0.2, -0.15) is 13.2 Å². The van der Waals surface area contributed by atoms with Crippen molar-refractivity contribution in [2.45, 2.75) is 6.18 Å².